The monoisotopic (exact) mass is 278 g/mol. The first kappa shape index (κ1) is 15.7. The summed E-state index contributed by atoms with van der Waals surface area (Å²) >= 11 is 0. The van der Waals surface area contributed by atoms with Crippen LogP contribution >= 0.6 is 0 Å². The number of hydrogen-bond donors (Lipinski definition) is 2. The molecule has 0 aliphatic carbocycles. The second kappa shape index (κ2) is 5.73. The van der Waals surface area contributed by atoms with E-state index >= 15 is 0 Å². The molecule has 1 aromatic carbocycles. The second-order valence-electron chi connectivity index (χ2n) is 5.01. The SMILES string of the molecule is CC(=O)N(C)c1cccc(NC(=O)C(C)(C)C(=O)O)c1. The molecule has 0 bridgehead atoms. The predicted molar refractivity (Wildman–Crippen MR) is 75.6 cm³/mol. The highest BCUT2D eigenvalue weighted by Gasteiger charge is 2.36. The lowest BCUT2D eigenvalue weighted by Crippen LogP contribution is -2.37. The Morgan fingerprint density at radius 1 is 1.25 bits per heavy atom. The summed E-state index contributed by atoms with van der Waals surface area (Å²) in [5.74, 6) is -1.96. The van der Waals surface area contributed by atoms with Crippen LogP contribution in [0.3, 0.4) is 0 Å². The number of carbonyl (C=O) groups is 3. The lowest BCUT2D eigenvalue weighted by Gasteiger charge is -2.20. The number of hydrogen-bond acceptors (Lipinski definition) is 3. The first-order valence-electron chi connectivity index (χ1n) is 6.05. The lowest BCUT2D eigenvalue weighted by molar-refractivity contribution is -0.151. The molecule has 20 heavy (non-hydrogen) atoms. The van der Waals surface area contributed by atoms with E-state index in [-0.39, 0.29) is 5.91 Å². The average molecular weight is 278 g/mol. The van der Waals surface area contributed by atoms with Crippen molar-refractivity contribution in [1.29, 1.82) is 0 Å². The lowest BCUT2D eigenvalue weighted by atomic mass is 9.92. The molecule has 0 heterocycles. The highest BCUT2D eigenvalue weighted by molar-refractivity contribution is 6.07. The van der Waals surface area contributed by atoms with E-state index in [0.717, 1.165) is 0 Å². The molecule has 0 aromatic heterocycles. The van der Waals surface area contributed by atoms with Gasteiger partial charge in [0.2, 0.25) is 11.8 Å². The van der Waals surface area contributed by atoms with Gasteiger partial charge in [0.15, 0.2) is 0 Å². The van der Waals surface area contributed by atoms with Gasteiger partial charge in [0, 0.05) is 25.3 Å². The Morgan fingerprint density at radius 3 is 2.35 bits per heavy atom. The van der Waals surface area contributed by atoms with Gasteiger partial charge in [-0.25, -0.2) is 0 Å². The maximum absolute atomic E-state index is 11.9. The Bertz CT molecular complexity index is 552. The molecule has 0 fully saturated rings. The van der Waals surface area contributed by atoms with Crippen molar-refractivity contribution in [2.45, 2.75) is 20.8 Å². The molecule has 0 saturated carbocycles. The molecule has 0 aliphatic heterocycles. The maximum Gasteiger partial charge on any atom is 0.318 e. The molecule has 0 spiro atoms. The maximum atomic E-state index is 11.9. The number of carboxylic acid groups (broad SMARTS) is 1. The third kappa shape index (κ3) is 3.34. The fraction of sp³-hybridized carbons (Fsp3) is 0.357. The van der Waals surface area contributed by atoms with Crippen molar-refractivity contribution in [2.75, 3.05) is 17.3 Å². The van der Waals surface area contributed by atoms with Gasteiger partial charge in [0.1, 0.15) is 5.41 Å². The number of anilines is 2. The van der Waals surface area contributed by atoms with Crippen LogP contribution in [0.25, 0.3) is 0 Å². The number of carboxylic acids is 1. The molecule has 0 saturated heterocycles. The fourth-order valence-corrected chi connectivity index (χ4v) is 1.36. The van der Waals surface area contributed by atoms with E-state index in [1.807, 2.05) is 0 Å². The van der Waals surface area contributed by atoms with Gasteiger partial charge in [0.25, 0.3) is 0 Å². The molecular weight excluding hydrogens is 260 g/mol. The number of benzene rings is 1. The Labute approximate surface area is 117 Å². The summed E-state index contributed by atoms with van der Waals surface area (Å²) in [6, 6.07) is 6.64. The van der Waals surface area contributed by atoms with Crippen molar-refractivity contribution in [1.82, 2.24) is 0 Å². The summed E-state index contributed by atoms with van der Waals surface area (Å²) in [4.78, 5) is 35.6. The molecule has 6 nitrogen and oxygen atoms in total. The summed E-state index contributed by atoms with van der Waals surface area (Å²) in [5.41, 5.74) is -0.471. The van der Waals surface area contributed by atoms with Crippen LogP contribution in [0.1, 0.15) is 20.8 Å². The molecule has 1 aromatic rings. The zero-order valence-electron chi connectivity index (χ0n) is 11.9. The highest BCUT2D eigenvalue weighted by Crippen LogP contribution is 2.22. The van der Waals surface area contributed by atoms with E-state index in [1.54, 1.807) is 31.3 Å². The molecule has 108 valence electrons. The van der Waals surface area contributed by atoms with Crippen LogP contribution in [0.5, 0.6) is 0 Å². The minimum Gasteiger partial charge on any atom is -0.480 e. The third-order valence-corrected chi connectivity index (χ3v) is 3.07. The molecule has 2 N–H and O–H groups in total. The Hall–Kier alpha value is -2.37. The van der Waals surface area contributed by atoms with Gasteiger partial charge in [0.05, 0.1) is 0 Å². The summed E-state index contributed by atoms with van der Waals surface area (Å²) < 4.78 is 0. The average Bonchev–Trinajstić information content (AvgIpc) is 2.37. The van der Waals surface area contributed by atoms with Crippen molar-refractivity contribution < 1.29 is 19.5 Å². The van der Waals surface area contributed by atoms with Crippen molar-refractivity contribution in [3.63, 3.8) is 0 Å². The number of rotatable bonds is 4. The van der Waals surface area contributed by atoms with Crippen molar-refractivity contribution >= 4 is 29.2 Å². The molecule has 1 rings (SSSR count). The van der Waals surface area contributed by atoms with Crippen LogP contribution in [0.15, 0.2) is 24.3 Å². The van der Waals surface area contributed by atoms with Crippen molar-refractivity contribution in [2.24, 2.45) is 5.41 Å². The molecule has 0 radical (unpaired) electrons. The van der Waals surface area contributed by atoms with E-state index in [0.29, 0.717) is 11.4 Å². The largest absolute Gasteiger partial charge is 0.480 e. The summed E-state index contributed by atoms with van der Waals surface area (Å²) in [7, 11) is 1.62. The smallest absolute Gasteiger partial charge is 0.318 e. The zero-order valence-corrected chi connectivity index (χ0v) is 11.9. The van der Waals surface area contributed by atoms with Crippen molar-refractivity contribution in [3.05, 3.63) is 24.3 Å². The van der Waals surface area contributed by atoms with E-state index in [9.17, 15) is 14.4 Å². The minimum atomic E-state index is -1.53. The number of amides is 2. The Kier molecular flexibility index (Phi) is 4.49. The molecule has 0 atom stereocenters. The normalized spacial score (nSPS) is 10.8. The van der Waals surface area contributed by atoms with Crippen LogP contribution in [0.4, 0.5) is 11.4 Å². The van der Waals surface area contributed by atoms with Gasteiger partial charge in [-0.2, -0.15) is 0 Å². The van der Waals surface area contributed by atoms with E-state index in [4.69, 9.17) is 5.11 Å². The quantitative estimate of drug-likeness (QED) is 0.821. The fourth-order valence-electron chi connectivity index (χ4n) is 1.36. The summed E-state index contributed by atoms with van der Waals surface area (Å²) in [6.07, 6.45) is 0. The Morgan fingerprint density at radius 2 is 1.85 bits per heavy atom. The molecule has 0 unspecified atom stereocenters. The Balaban J connectivity index is 2.95. The predicted octanol–water partition coefficient (Wildman–Crippen LogP) is 1.72. The molecule has 2 amide bonds. The summed E-state index contributed by atoms with van der Waals surface area (Å²) in [6.45, 7) is 4.09. The molecule has 0 aliphatic rings. The van der Waals surface area contributed by atoms with Crippen molar-refractivity contribution in [3.8, 4) is 0 Å². The first-order chi connectivity index (χ1) is 9.16. The van der Waals surface area contributed by atoms with Crippen LogP contribution in [-0.2, 0) is 14.4 Å². The van der Waals surface area contributed by atoms with Gasteiger partial charge < -0.3 is 15.3 Å². The van der Waals surface area contributed by atoms with Crippen LogP contribution in [-0.4, -0.2) is 29.9 Å². The van der Waals surface area contributed by atoms with Gasteiger partial charge in [-0.1, -0.05) is 6.07 Å². The van der Waals surface area contributed by atoms with Crippen LogP contribution in [0.2, 0.25) is 0 Å². The summed E-state index contributed by atoms with van der Waals surface area (Å²) in [5, 5.41) is 11.5. The van der Waals surface area contributed by atoms with Crippen LogP contribution < -0.4 is 10.2 Å². The first-order valence-corrected chi connectivity index (χ1v) is 6.05. The van der Waals surface area contributed by atoms with E-state index < -0.39 is 17.3 Å². The standard InChI is InChI=1S/C14H18N2O4/c1-9(17)16(4)11-7-5-6-10(8-11)15-12(18)14(2,3)13(19)20/h5-8H,1-4H3,(H,15,18)(H,19,20). The number of nitrogens with zero attached hydrogens (tertiary/aromatic N) is 1. The highest BCUT2D eigenvalue weighted by atomic mass is 16.4. The van der Waals surface area contributed by atoms with E-state index in [2.05, 4.69) is 5.32 Å². The third-order valence-electron chi connectivity index (χ3n) is 3.07. The van der Waals surface area contributed by atoms with Gasteiger partial charge >= 0.3 is 5.97 Å². The van der Waals surface area contributed by atoms with E-state index in [1.165, 1.54) is 25.7 Å². The van der Waals surface area contributed by atoms with Gasteiger partial charge in [-0.05, 0) is 32.0 Å². The molecular formula is C14H18N2O4. The van der Waals surface area contributed by atoms with Gasteiger partial charge in [-0.15, -0.1) is 0 Å². The minimum absolute atomic E-state index is 0.139. The zero-order chi connectivity index (χ0) is 15.5. The molecule has 6 heteroatoms. The number of carbonyl (C=O) groups excluding carboxylic acids is 2. The van der Waals surface area contributed by atoms with Crippen LogP contribution in [0, 0.1) is 5.41 Å². The number of nitrogens with one attached hydrogen (secondary N) is 1. The topological polar surface area (TPSA) is 86.7 Å². The number of aliphatic carboxylic acids is 1. The second-order valence-corrected chi connectivity index (χ2v) is 5.01. The van der Waals surface area contributed by atoms with Gasteiger partial charge in [-0.3, -0.25) is 14.4 Å².